The van der Waals surface area contributed by atoms with Crippen molar-refractivity contribution < 1.29 is 23.8 Å². The van der Waals surface area contributed by atoms with Crippen molar-refractivity contribution in [3.05, 3.63) is 47.9 Å². The number of carbonyl (C=O) groups is 1. The number of likely N-dealkylation sites (tertiary alicyclic amines) is 1. The lowest BCUT2D eigenvalue weighted by atomic mass is 9.66. The van der Waals surface area contributed by atoms with Crippen LogP contribution in [0.4, 0.5) is 0 Å². The Balaban J connectivity index is 1.60. The Hall–Kier alpha value is -2.51. The van der Waals surface area contributed by atoms with E-state index in [4.69, 9.17) is 13.9 Å². The number of hydrogen-bond acceptors (Lipinski definition) is 6. The third-order valence-corrected chi connectivity index (χ3v) is 6.82. The van der Waals surface area contributed by atoms with Crippen LogP contribution < -0.4 is 14.8 Å². The topological polar surface area (TPSA) is 84.2 Å². The maximum Gasteiger partial charge on any atom is 0.234 e. The van der Waals surface area contributed by atoms with Crippen molar-refractivity contribution in [1.82, 2.24) is 10.2 Å². The average Bonchev–Trinajstić information content (AvgIpc) is 3.31. The van der Waals surface area contributed by atoms with Gasteiger partial charge in [0, 0.05) is 30.1 Å². The van der Waals surface area contributed by atoms with Crippen LogP contribution in [0.1, 0.15) is 49.5 Å². The van der Waals surface area contributed by atoms with Crippen molar-refractivity contribution in [2.24, 2.45) is 5.92 Å². The zero-order valence-electron chi connectivity index (χ0n) is 18.3. The number of piperidine rings is 1. The lowest BCUT2D eigenvalue weighted by Crippen LogP contribution is -2.56. The van der Waals surface area contributed by atoms with E-state index in [1.54, 1.807) is 20.5 Å². The van der Waals surface area contributed by atoms with E-state index in [0.29, 0.717) is 19.5 Å². The Morgan fingerprint density at radius 1 is 1.26 bits per heavy atom. The molecule has 3 atom stereocenters. The van der Waals surface area contributed by atoms with Crippen molar-refractivity contribution in [3.8, 4) is 11.5 Å². The SMILES string of the molecule is COc1ccc(C2C3CCCCC3(O)CCN2CC(=O)NCc2ccco2)c(OC)c1. The summed E-state index contributed by atoms with van der Waals surface area (Å²) in [4.78, 5) is 15.0. The van der Waals surface area contributed by atoms with E-state index in [2.05, 4.69) is 10.2 Å². The molecule has 7 nitrogen and oxygen atoms in total. The molecule has 3 unspecified atom stereocenters. The van der Waals surface area contributed by atoms with Gasteiger partial charge in [-0.3, -0.25) is 9.69 Å². The molecule has 1 aliphatic carbocycles. The Labute approximate surface area is 183 Å². The molecule has 7 heteroatoms. The molecular weight excluding hydrogens is 396 g/mol. The zero-order chi connectivity index (χ0) is 21.8. The number of fused-ring (bicyclic) bond motifs is 1. The number of hydrogen-bond donors (Lipinski definition) is 2. The smallest absolute Gasteiger partial charge is 0.234 e. The van der Waals surface area contributed by atoms with Gasteiger partial charge in [-0.2, -0.15) is 0 Å². The first kappa shape index (κ1) is 21.7. The van der Waals surface area contributed by atoms with Gasteiger partial charge < -0.3 is 24.3 Å². The Morgan fingerprint density at radius 2 is 2.13 bits per heavy atom. The molecule has 0 radical (unpaired) electrons. The minimum Gasteiger partial charge on any atom is -0.497 e. The van der Waals surface area contributed by atoms with E-state index in [1.807, 2.05) is 30.3 Å². The summed E-state index contributed by atoms with van der Waals surface area (Å²) in [6, 6.07) is 9.35. The van der Waals surface area contributed by atoms with Crippen LogP contribution in [0.25, 0.3) is 0 Å². The number of nitrogens with one attached hydrogen (secondary N) is 1. The molecule has 31 heavy (non-hydrogen) atoms. The molecule has 2 aliphatic rings. The second-order valence-corrected chi connectivity index (χ2v) is 8.59. The second-order valence-electron chi connectivity index (χ2n) is 8.59. The van der Waals surface area contributed by atoms with Gasteiger partial charge in [-0.05, 0) is 37.5 Å². The molecule has 0 bridgehead atoms. The van der Waals surface area contributed by atoms with E-state index in [0.717, 1.165) is 48.5 Å². The van der Waals surface area contributed by atoms with Crippen molar-refractivity contribution in [3.63, 3.8) is 0 Å². The van der Waals surface area contributed by atoms with Crippen molar-refractivity contribution in [2.45, 2.75) is 50.3 Å². The molecule has 2 fully saturated rings. The van der Waals surface area contributed by atoms with Gasteiger partial charge >= 0.3 is 0 Å². The summed E-state index contributed by atoms with van der Waals surface area (Å²) in [7, 11) is 3.28. The van der Waals surface area contributed by atoms with Gasteiger partial charge in [0.25, 0.3) is 0 Å². The van der Waals surface area contributed by atoms with Crippen molar-refractivity contribution in [2.75, 3.05) is 27.3 Å². The van der Waals surface area contributed by atoms with Crippen LogP contribution in [0, 0.1) is 5.92 Å². The highest BCUT2D eigenvalue weighted by molar-refractivity contribution is 5.78. The molecule has 1 saturated carbocycles. The largest absolute Gasteiger partial charge is 0.497 e. The molecule has 1 aromatic carbocycles. The number of carbonyl (C=O) groups excluding carboxylic acids is 1. The van der Waals surface area contributed by atoms with E-state index < -0.39 is 5.60 Å². The minimum absolute atomic E-state index is 0.0511. The van der Waals surface area contributed by atoms with Gasteiger partial charge in [0.15, 0.2) is 0 Å². The fourth-order valence-corrected chi connectivity index (χ4v) is 5.24. The highest BCUT2D eigenvalue weighted by atomic mass is 16.5. The fraction of sp³-hybridized carbons (Fsp3) is 0.542. The van der Waals surface area contributed by atoms with E-state index in [9.17, 15) is 9.90 Å². The molecule has 1 aliphatic heterocycles. The first-order chi connectivity index (χ1) is 15.0. The van der Waals surface area contributed by atoms with Crippen LogP contribution >= 0.6 is 0 Å². The number of furan rings is 1. The number of methoxy groups -OCH3 is 2. The number of ether oxygens (including phenoxy) is 2. The molecular formula is C24H32N2O5. The Morgan fingerprint density at radius 3 is 2.87 bits per heavy atom. The van der Waals surface area contributed by atoms with Crippen LogP contribution in [0.5, 0.6) is 11.5 Å². The highest BCUT2D eigenvalue weighted by Gasteiger charge is 2.49. The number of nitrogens with zero attached hydrogens (tertiary/aromatic N) is 1. The number of aliphatic hydroxyl groups is 1. The van der Waals surface area contributed by atoms with Gasteiger partial charge in [-0.1, -0.05) is 18.9 Å². The van der Waals surface area contributed by atoms with E-state index in [-0.39, 0.29) is 24.4 Å². The van der Waals surface area contributed by atoms with Crippen LogP contribution in [0.3, 0.4) is 0 Å². The molecule has 1 aromatic heterocycles. The number of amides is 1. The highest BCUT2D eigenvalue weighted by Crippen LogP contribution is 2.51. The third kappa shape index (κ3) is 4.57. The Bertz CT molecular complexity index is 884. The van der Waals surface area contributed by atoms with Crippen LogP contribution in [-0.4, -0.2) is 48.8 Å². The van der Waals surface area contributed by atoms with E-state index in [1.165, 1.54) is 0 Å². The van der Waals surface area contributed by atoms with Gasteiger partial charge in [-0.25, -0.2) is 0 Å². The minimum atomic E-state index is -0.699. The quantitative estimate of drug-likeness (QED) is 0.704. The summed E-state index contributed by atoms with van der Waals surface area (Å²) in [6.45, 7) is 1.28. The first-order valence-corrected chi connectivity index (χ1v) is 11.0. The zero-order valence-corrected chi connectivity index (χ0v) is 18.3. The molecule has 1 saturated heterocycles. The standard InChI is InChI=1S/C24H32N2O5/c1-29-17-8-9-19(21(14-17)30-2)23-20-7-3-4-10-24(20,28)11-12-26(23)16-22(27)25-15-18-6-5-13-31-18/h5-6,8-9,13-14,20,23,28H,3-4,7,10-12,15-16H2,1-2H3,(H,25,27). The number of rotatable bonds is 7. The third-order valence-electron chi connectivity index (χ3n) is 6.82. The molecule has 2 aromatic rings. The summed E-state index contributed by atoms with van der Waals surface area (Å²) >= 11 is 0. The van der Waals surface area contributed by atoms with Crippen molar-refractivity contribution >= 4 is 5.91 Å². The summed E-state index contributed by atoms with van der Waals surface area (Å²) in [6.07, 6.45) is 6.15. The summed E-state index contributed by atoms with van der Waals surface area (Å²) in [5.74, 6) is 2.16. The average molecular weight is 429 g/mol. The fourth-order valence-electron chi connectivity index (χ4n) is 5.24. The van der Waals surface area contributed by atoms with Gasteiger partial charge in [0.05, 0.1) is 39.2 Å². The maximum atomic E-state index is 12.8. The molecule has 1 amide bonds. The Kier molecular flexibility index (Phi) is 6.53. The maximum absolute atomic E-state index is 12.8. The van der Waals surface area contributed by atoms with Gasteiger partial charge in [0.2, 0.25) is 5.91 Å². The first-order valence-electron chi connectivity index (χ1n) is 11.0. The molecule has 2 N–H and O–H groups in total. The van der Waals surface area contributed by atoms with E-state index >= 15 is 0 Å². The second kappa shape index (κ2) is 9.32. The number of benzene rings is 1. The van der Waals surface area contributed by atoms with Crippen molar-refractivity contribution in [1.29, 1.82) is 0 Å². The van der Waals surface area contributed by atoms with Crippen LogP contribution in [-0.2, 0) is 11.3 Å². The predicted molar refractivity (Wildman–Crippen MR) is 116 cm³/mol. The van der Waals surface area contributed by atoms with Gasteiger partial charge in [0.1, 0.15) is 17.3 Å². The lowest BCUT2D eigenvalue weighted by Gasteiger charge is -2.52. The molecule has 168 valence electrons. The summed E-state index contributed by atoms with van der Waals surface area (Å²) in [5.41, 5.74) is 0.293. The molecule has 0 spiro atoms. The summed E-state index contributed by atoms with van der Waals surface area (Å²) < 4.78 is 16.4. The molecule has 2 heterocycles. The monoisotopic (exact) mass is 428 g/mol. The normalized spacial score (nSPS) is 26.2. The lowest BCUT2D eigenvalue weighted by molar-refractivity contribution is -0.138. The summed E-state index contributed by atoms with van der Waals surface area (Å²) in [5, 5.41) is 14.4. The molecule has 4 rings (SSSR count). The van der Waals surface area contributed by atoms with Crippen LogP contribution in [0.2, 0.25) is 0 Å². The van der Waals surface area contributed by atoms with Gasteiger partial charge in [-0.15, -0.1) is 0 Å². The van der Waals surface area contributed by atoms with Crippen LogP contribution in [0.15, 0.2) is 41.0 Å². The predicted octanol–water partition coefficient (Wildman–Crippen LogP) is 3.28.